The standard InChI is InChI=1S/C14H14N2O/c1-13(2)12(10(8-15)9-16)14(13,17)11-6-4-3-5-7-11/h3-7,10,12,17H,1-2H3/t12-,14+/m0/s1. The molecule has 1 aliphatic rings. The Morgan fingerprint density at radius 1 is 1.18 bits per heavy atom. The van der Waals surface area contributed by atoms with E-state index in [1.54, 1.807) is 0 Å². The Hall–Kier alpha value is -1.84. The SMILES string of the molecule is CC1(C)[C@H](C(C#N)C#N)[C@]1(O)c1ccccc1. The Labute approximate surface area is 101 Å². The first kappa shape index (κ1) is 11.6. The van der Waals surface area contributed by atoms with E-state index in [2.05, 4.69) is 0 Å². The van der Waals surface area contributed by atoms with Crippen LogP contribution in [0.3, 0.4) is 0 Å². The van der Waals surface area contributed by atoms with Gasteiger partial charge in [-0.1, -0.05) is 44.2 Å². The maximum Gasteiger partial charge on any atom is 0.139 e. The average molecular weight is 226 g/mol. The molecule has 1 fully saturated rings. The van der Waals surface area contributed by atoms with Crippen LogP contribution < -0.4 is 0 Å². The molecule has 1 N–H and O–H groups in total. The van der Waals surface area contributed by atoms with Crippen LogP contribution in [-0.2, 0) is 5.60 Å². The van der Waals surface area contributed by atoms with E-state index in [0.29, 0.717) is 0 Å². The van der Waals surface area contributed by atoms with Crippen LogP contribution >= 0.6 is 0 Å². The van der Waals surface area contributed by atoms with Crippen LogP contribution in [0.15, 0.2) is 30.3 Å². The van der Waals surface area contributed by atoms with Crippen molar-refractivity contribution in [3.8, 4) is 12.1 Å². The lowest BCUT2D eigenvalue weighted by molar-refractivity contribution is 0.0979. The van der Waals surface area contributed by atoms with E-state index >= 15 is 0 Å². The van der Waals surface area contributed by atoms with Gasteiger partial charge in [-0.2, -0.15) is 10.5 Å². The molecule has 0 radical (unpaired) electrons. The molecule has 17 heavy (non-hydrogen) atoms. The number of hydrogen-bond donors (Lipinski definition) is 1. The summed E-state index contributed by atoms with van der Waals surface area (Å²) in [6.07, 6.45) is 0. The van der Waals surface area contributed by atoms with E-state index in [4.69, 9.17) is 10.5 Å². The smallest absolute Gasteiger partial charge is 0.139 e. The maximum atomic E-state index is 10.7. The minimum absolute atomic E-state index is 0.326. The quantitative estimate of drug-likeness (QED) is 0.840. The van der Waals surface area contributed by atoms with Crippen LogP contribution in [0.2, 0.25) is 0 Å². The molecule has 0 unspecified atom stereocenters. The van der Waals surface area contributed by atoms with Gasteiger partial charge in [0.25, 0.3) is 0 Å². The third-order valence-electron chi connectivity index (χ3n) is 3.95. The number of nitriles is 2. The van der Waals surface area contributed by atoms with Crippen molar-refractivity contribution in [1.29, 1.82) is 10.5 Å². The summed E-state index contributed by atoms with van der Waals surface area (Å²) in [4.78, 5) is 0. The van der Waals surface area contributed by atoms with Gasteiger partial charge in [0.2, 0.25) is 0 Å². The lowest BCUT2D eigenvalue weighted by Crippen LogP contribution is -2.14. The van der Waals surface area contributed by atoms with Crippen LogP contribution in [0.1, 0.15) is 19.4 Å². The Bertz CT molecular complexity index is 495. The van der Waals surface area contributed by atoms with E-state index < -0.39 is 16.9 Å². The molecule has 86 valence electrons. The highest BCUT2D eigenvalue weighted by Gasteiger charge is 2.74. The number of hydrogen-bond acceptors (Lipinski definition) is 3. The zero-order chi connectivity index (χ0) is 12.7. The fourth-order valence-corrected chi connectivity index (χ4v) is 2.86. The second-order valence-electron chi connectivity index (χ2n) is 5.07. The van der Waals surface area contributed by atoms with Crippen molar-refractivity contribution in [1.82, 2.24) is 0 Å². The lowest BCUT2D eigenvalue weighted by Gasteiger charge is -2.13. The molecule has 3 heteroatoms. The molecule has 0 heterocycles. The number of aliphatic hydroxyl groups is 1. The van der Waals surface area contributed by atoms with Crippen LogP contribution in [0, 0.1) is 39.9 Å². The number of nitrogens with zero attached hydrogens (tertiary/aromatic N) is 2. The molecule has 1 aromatic carbocycles. The monoisotopic (exact) mass is 226 g/mol. The predicted octanol–water partition coefficient (Wildman–Crippen LogP) is 2.19. The number of benzene rings is 1. The molecular weight excluding hydrogens is 212 g/mol. The van der Waals surface area contributed by atoms with Gasteiger partial charge in [-0.25, -0.2) is 0 Å². The van der Waals surface area contributed by atoms with Crippen molar-refractivity contribution >= 4 is 0 Å². The van der Waals surface area contributed by atoms with Gasteiger partial charge in [0.1, 0.15) is 11.5 Å². The molecule has 0 aromatic heterocycles. The van der Waals surface area contributed by atoms with E-state index in [-0.39, 0.29) is 5.92 Å². The van der Waals surface area contributed by atoms with Gasteiger partial charge in [-0.3, -0.25) is 0 Å². The molecular formula is C14H14N2O. The summed E-state index contributed by atoms with van der Waals surface area (Å²) in [6, 6.07) is 13.2. The molecule has 1 saturated carbocycles. The Balaban J connectivity index is 2.42. The highest BCUT2D eigenvalue weighted by Crippen LogP contribution is 2.70. The molecule has 0 bridgehead atoms. The first-order valence-electron chi connectivity index (χ1n) is 5.57. The first-order valence-corrected chi connectivity index (χ1v) is 5.57. The summed E-state index contributed by atoms with van der Waals surface area (Å²) >= 11 is 0. The van der Waals surface area contributed by atoms with Gasteiger partial charge in [0.15, 0.2) is 0 Å². The maximum absolute atomic E-state index is 10.7. The van der Waals surface area contributed by atoms with Crippen molar-refractivity contribution in [3.05, 3.63) is 35.9 Å². The largest absolute Gasteiger partial charge is 0.384 e. The zero-order valence-electron chi connectivity index (χ0n) is 9.88. The molecule has 1 aromatic rings. The highest BCUT2D eigenvalue weighted by atomic mass is 16.3. The summed E-state index contributed by atoms with van der Waals surface area (Å²) in [5, 5.41) is 28.6. The summed E-state index contributed by atoms with van der Waals surface area (Å²) < 4.78 is 0. The normalized spacial score (nSPS) is 29.4. The fraction of sp³-hybridized carbons (Fsp3) is 0.429. The molecule has 0 aliphatic heterocycles. The molecule has 1 aliphatic carbocycles. The van der Waals surface area contributed by atoms with Crippen molar-refractivity contribution < 1.29 is 5.11 Å². The predicted molar refractivity (Wildman–Crippen MR) is 62.3 cm³/mol. The van der Waals surface area contributed by atoms with Crippen molar-refractivity contribution in [2.24, 2.45) is 17.3 Å². The first-order chi connectivity index (χ1) is 8.00. The lowest BCUT2D eigenvalue weighted by atomic mass is 9.99. The van der Waals surface area contributed by atoms with E-state index in [0.717, 1.165) is 5.56 Å². The second kappa shape index (κ2) is 3.58. The van der Waals surface area contributed by atoms with Gasteiger partial charge in [0.05, 0.1) is 12.1 Å². The minimum atomic E-state index is -1.07. The third kappa shape index (κ3) is 1.37. The van der Waals surface area contributed by atoms with Gasteiger partial charge >= 0.3 is 0 Å². The summed E-state index contributed by atoms with van der Waals surface area (Å²) in [7, 11) is 0. The minimum Gasteiger partial charge on any atom is -0.384 e. The van der Waals surface area contributed by atoms with Crippen LogP contribution in [0.25, 0.3) is 0 Å². The van der Waals surface area contributed by atoms with Gasteiger partial charge in [-0.15, -0.1) is 0 Å². The second-order valence-corrected chi connectivity index (χ2v) is 5.07. The molecule has 3 nitrogen and oxygen atoms in total. The van der Waals surface area contributed by atoms with Crippen LogP contribution in [-0.4, -0.2) is 5.11 Å². The van der Waals surface area contributed by atoms with E-state index in [1.807, 2.05) is 56.3 Å². The van der Waals surface area contributed by atoms with Crippen LogP contribution in [0.5, 0.6) is 0 Å². The van der Waals surface area contributed by atoms with Gasteiger partial charge in [0, 0.05) is 11.3 Å². The van der Waals surface area contributed by atoms with Crippen molar-refractivity contribution in [2.75, 3.05) is 0 Å². The summed E-state index contributed by atoms with van der Waals surface area (Å²) in [5.41, 5.74) is -0.722. The third-order valence-corrected chi connectivity index (χ3v) is 3.95. The summed E-state index contributed by atoms with van der Waals surface area (Å²) in [5.74, 6) is -1.09. The van der Waals surface area contributed by atoms with Crippen molar-refractivity contribution in [3.63, 3.8) is 0 Å². The van der Waals surface area contributed by atoms with E-state index in [1.165, 1.54) is 0 Å². The van der Waals surface area contributed by atoms with Crippen LogP contribution in [0.4, 0.5) is 0 Å². The van der Waals surface area contributed by atoms with Gasteiger partial charge in [-0.05, 0) is 5.56 Å². The molecule has 2 rings (SSSR count). The topological polar surface area (TPSA) is 67.8 Å². The molecule has 2 atom stereocenters. The van der Waals surface area contributed by atoms with Crippen molar-refractivity contribution in [2.45, 2.75) is 19.4 Å². The Morgan fingerprint density at radius 2 is 1.71 bits per heavy atom. The number of rotatable bonds is 2. The zero-order valence-corrected chi connectivity index (χ0v) is 9.88. The fourth-order valence-electron chi connectivity index (χ4n) is 2.86. The Morgan fingerprint density at radius 3 is 2.18 bits per heavy atom. The molecule has 0 spiro atoms. The van der Waals surface area contributed by atoms with Gasteiger partial charge < -0.3 is 5.11 Å². The highest BCUT2D eigenvalue weighted by molar-refractivity contribution is 5.38. The summed E-state index contributed by atoms with van der Waals surface area (Å²) in [6.45, 7) is 3.79. The molecule has 0 amide bonds. The van der Waals surface area contributed by atoms with E-state index in [9.17, 15) is 5.11 Å². The average Bonchev–Trinajstić information content (AvgIpc) is 2.79. The Kier molecular flexibility index (Phi) is 2.45. The molecule has 0 saturated heterocycles.